The van der Waals surface area contributed by atoms with Crippen molar-refractivity contribution in [3.8, 4) is 0 Å². The van der Waals surface area contributed by atoms with Gasteiger partial charge in [0.15, 0.2) is 0 Å². The van der Waals surface area contributed by atoms with Crippen LogP contribution in [0.15, 0.2) is 0 Å². The molecular weight excluding hydrogens is 482 g/mol. The van der Waals surface area contributed by atoms with Crippen LogP contribution in [0.5, 0.6) is 0 Å². The Hall–Kier alpha value is -2.22. The quantitative estimate of drug-likeness (QED) is 0.186. The Labute approximate surface area is 215 Å². The molecule has 0 aromatic carbocycles. The first kappa shape index (κ1) is 73.8. The summed E-state index contributed by atoms with van der Waals surface area (Å²) in [6.45, 7) is 0. The third-order valence-corrected chi connectivity index (χ3v) is 0. The number of hydrogen-bond acceptors (Lipinski definition) is 8. The normalized spacial score (nSPS) is 2.37. The molecule has 19 heteroatoms. The molecule has 0 N–H and O–H groups in total. The summed E-state index contributed by atoms with van der Waals surface area (Å²) in [6, 6.07) is 0. The van der Waals surface area contributed by atoms with Gasteiger partial charge < -0.3 is 43.3 Å². The van der Waals surface area contributed by atoms with E-state index >= 15 is 0 Å². The zero-order valence-corrected chi connectivity index (χ0v) is 18.3. The number of hydrogen-bond donors (Lipinski definition) is 0. The fraction of sp³-hybridized carbons (Fsp3) is 0. The van der Waals surface area contributed by atoms with Crippen LogP contribution in [-0.2, 0) is 74.0 Å². The van der Waals surface area contributed by atoms with E-state index in [1.165, 1.54) is 0 Å². The fourth-order valence-electron chi connectivity index (χ4n) is 0. The second-order valence-electron chi connectivity index (χ2n) is 0.730. The van der Waals surface area contributed by atoms with Gasteiger partial charge in [0.1, 0.15) is 0 Å². The van der Waals surface area contributed by atoms with Crippen molar-refractivity contribution in [2.75, 3.05) is 0 Å². The maximum absolute atomic E-state index is 8.24. The molecule has 1 radical (unpaired) electrons. The van der Waals surface area contributed by atoms with E-state index in [0.29, 0.717) is 48.6 Å². The molecule has 0 heterocycles. The standard InChI is InChI=1S/8CNO.Fe.K.V/c8*2-1-3;;;/q8*-1;+2;+1;. The Balaban J connectivity index is -0.0000000119. The van der Waals surface area contributed by atoms with Gasteiger partial charge in [-0.3, -0.25) is 38.4 Å². The molecule has 27 heavy (non-hydrogen) atoms. The van der Waals surface area contributed by atoms with Crippen LogP contribution < -0.4 is 51.4 Å². The van der Waals surface area contributed by atoms with E-state index in [0.717, 1.165) is 0 Å². The molecule has 0 aliphatic rings. The summed E-state index contributed by atoms with van der Waals surface area (Å²) in [6.07, 6.45) is 4.00. The molecule has 0 aromatic heterocycles. The molecule has 0 saturated heterocycles. The Morgan fingerprint density at radius 3 is 0.333 bits per heavy atom. The molecule has 0 aromatic rings. The molecule has 0 spiro atoms. The van der Waals surface area contributed by atoms with Crippen molar-refractivity contribution in [3.05, 3.63) is 43.3 Å². The van der Waals surface area contributed by atoms with Crippen molar-refractivity contribution in [1.29, 1.82) is 0 Å². The molecule has 0 rings (SSSR count). The molecule has 0 amide bonds. The van der Waals surface area contributed by atoms with Gasteiger partial charge in [-0.15, -0.1) is 0 Å². The summed E-state index contributed by atoms with van der Waals surface area (Å²) < 4.78 is 0. The predicted molar refractivity (Wildman–Crippen MR) is 72.4 cm³/mol. The Morgan fingerprint density at radius 2 is 0.333 bits per heavy atom. The fourth-order valence-corrected chi connectivity index (χ4v) is 0. The SMILES string of the molecule is [Fe+2].[K+].[N-]=C=O.[N-]=C=O.[N-]=C=O.[N-]=C=O.[N-]=C=O.[N-]=C=O.[N-]=C=O.[N-]=C=O.[V]. The molecular formula is C8FeKN8O8V-5. The molecule has 0 fully saturated rings. The van der Waals surface area contributed by atoms with E-state index in [9.17, 15) is 0 Å². The van der Waals surface area contributed by atoms with Crippen molar-refractivity contribution in [3.63, 3.8) is 0 Å². The number of rotatable bonds is 0. The van der Waals surface area contributed by atoms with Crippen molar-refractivity contribution < 1.29 is 125 Å². The Morgan fingerprint density at radius 1 is 0.333 bits per heavy atom. The van der Waals surface area contributed by atoms with Crippen LogP contribution in [-0.4, -0.2) is 48.6 Å². The van der Waals surface area contributed by atoms with Crippen LogP contribution >= 0.6 is 0 Å². The van der Waals surface area contributed by atoms with Gasteiger partial charge in [-0.1, -0.05) is 0 Å². The van der Waals surface area contributed by atoms with Crippen LogP contribution in [0, 0.1) is 0 Å². The van der Waals surface area contributed by atoms with Crippen molar-refractivity contribution >= 4 is 48.6 Å². The maximum Gasteiger partial charge on any atom is 2.00 e. The van der Waals surface area contributed by atoms with Crippen molar-refractivity contribution in [2.24, 2.45) is 0 Å². The summed E-state index contributed by atoms with van der Waals surface area (Å²) >= 11 is 0. The Kier molecular flexibility index (Phi) is 1010. The summed E-state index contributed by atoms with van der Waals surface area (Å²) in [5.74, 6) is 0. The van der Waals surface area contributed by atoms with Crippen molar-refractivity contribution in [1.82, 2.24) is 0 Å². The zero-order valence-electron chi connectivity index (χ0n) is 12.6. The second kappa shape index (κ2) is 369. The third kappa shape index (κ3) is 2290. The molecule has 0 bridgehead atoms. The second-order valence-corrected chi connectivity index (χ2v) is 0.730. The first-order valence-electron chi connectivity index (χ1n) is 3.42. The molecule has 139 valence electrons. The average molecular weight is 482 g/mol. The molecule has 0 saturated carbocycles. The summed E-state index contributed by atoms with van der Waals surface area (Å²) in [5.41, 5.74) is 0. The minimum atomic E-state index is 0. The number of nitrogens with zero attached hydrogens (tertiary/aromatic N) is 8. The Bertz CT molecular complexity index is 369. The van der Waals surface area contributed by atoms with Gasteiger partial charge in [0, 0.05) is 18.6 Å². The van der Waals surface area contributed by atoms with Gasteiger partial charge in [-0.05, 0) is 48.6 Å². The number of isocyanates is 8. The van der Waals surface area contributed by atoms with E-state index in [1.54, 1.807) is 0 Å². The maximum atomic E-state index is 8.24. The molecule has 0 aliphatic heterocycles. The van der Waals surface area contributed by atoms with Crippen molar-refractivity contribution in [2.45, 2.75) is 0 Å². The summed E-state index contributed by atoms with van der Waals surface area (Å²) in [5, 5.41) is 54.1. The summed E-state index contributed by atoms with van der Waals surface area (Å²) in [7, 11) is 0. The van der Waals surface area contributed by atoms with E-state index in [1.807, 2.05) is 0 Å². The van der Waals surface area contributed by atoms with Gasteiger partial charge >= 0.3 is 68.5 Å². The van der Waals surface area contributed by atoms with Crippen LogP contribution in [0.25, 0.3) is 43.3 Å². The smallest absolute Gasteiger partial charge is 0.724 e. The monoisotopic (exact) mass is 482 g/mol. The minimum absolute atomic E-state index is 0. The predicted octanol–water partition coefficient (Wildman–Crippen LogP) is -3.87. The molecule has 0 unspecified atom stereocenters. The molecule has 0 aliphatic carbocycles. The molecule has 0 atom stereocenters. The van der Waals surface area contributed by atoms with Gasteiger partial charge in [-0.25, -0.2) is 0 Å². The van der Waals surface area contributed by atoms with E-state index in [-0.39, 0.29) is 87.0 Å². The van der Waals surface area contributed by atoms with Crippen LogP contribution in [0.3, 0.4) is 0 Å². The van der Waals surface area contributed by atoms with Crippen LogP contribution in [0.2, 0.25) is 0 Å². The van der Waals surface area contributed by atoms with Crippen LogP contribution in [0.4, 0.5) is 0 Å². The van der Waals surface area contributed by atoms with Gasteiger partial charge in [-0.2, -0.15) is 0 Å². The minimum Gasteiger partial charge on any atom is -0.724 e. The average Bonchev–Trinajstić information content (AvgIpc) is 2.45. The number of carbonyl (C=O) groups excluding carboxylic acids is 8. The van der Waals surface area contributed by atoms with Gasteiger partial charge in [0.05, 0.1) is 0 Å². The first-order chi connectivity index (χ1) is 11.3. The van der Waals surface area contributed by atoms with E-state index in [4.69, 9.17) is 81.6 Å². The van der Waals surface area contributed by atoms with Gasteiger partial charge in [0.25, 0.3) is 0 Å². The summed E-state index contributed by atoms with van der Waals surface area (Å²) in [4.78, 5) is 65.9. The zero-order chi connectivity index (χ0) is 21.7. The first-order valence-corrected chi connectivity index (χ1v) is 3.42. The van der Waals surface area contributed by atoms with Crippen LogP contribution in [0.1, 0.15) is 0 Å². The van der Waals surface area contributed by atoms with E-state index < -0.39 is 0 Å². The molecule has 16 nitrogen and oxygen atoms in total. The van der Waals surface area contributed by atoms with Gasteiger partial charge in [0.2, 0.25) is 0 Å². The third-order valence-electron chi connectivity index (χ3n) is 0. The van der Waals surface area contributed by atoms with E-state index in [2.05, 4.69) is 0 Å². The largest absolute Gasteiger partial charge is 2.00 e. The topological polar surface area (TPSA) is 315 Å².